The van der Waals surface area contributed by atoms with E-state index in [9.17, 15) is 5.11 Å². The summed E-state index contributed by atoms with van der Waals surface area (Å²) in [5.74, 6) is 1.46. The summed E-state index contributed by atoms with van der Waals surface area (Å²) < 4.78 is 0. The van der Waals surface area contributed by atoms with E-state index in [1.807, 2.05) is 7.05 Å². The van der Waals surface area contributed by atoms with Crippen LogP contribution in [-0.2, 0) is 6.42 Å². The topological polar surface area (TPSA) is 70.1 Å². The van der Waals surface area contributed by atoms with E-state index in [1.165, 1.54) is 4.88 Å². The number of hydrogen-bond donors (Lipinski definition) is 3. The summed E-state index contributed by atoms with van der Waals surface area (Å²) in [5, 5.41) is 17.7. The third-order valence-corrected chi connectivity index (χ3v) is 5.24. The smallest absolute Gasteiger partial charge is 0.225 e. The van der Waals surface area contributed by atoms with Gasteiger partial charge in [0.05, 0.1) is 17.5 Å². The highest BCUT2D eigenvalue weighted by Crippen LogP contribution is 2.32. The van der Waals surface area contributed by atoms with Crippen LogP contribution in [0.5, 0.6) is 0 Å². The predicted molar refractivity (Wildman–Crippen MR) is 88.2 cm³/mol. The molecule has 0 radical (unpaired) electrons. The standard InChI is InChI=1S/C15H22N4OS/c1-3-9-8-10-13(17-11-6-4-5-7-12(11)20)18-15(16-2)19-14(10)21-9/h8,11-12,20H,3-7H2,1-2H3,(H2,16,17,18,19). The number of hydrogen-bond acceptors (Lipinski definition) is 6. The second-order valence-corrected chi connectivity index (χ2v) is 6.65. The molecule has 2 heterocycles. The molecule has 0 aliphatic heterocycles. The summed E-state index contributed by atoms with van der Waals surface area (Å²) in [5.41, 5.74) is 0. The van der Waals surface area contributed by atoms with Crippen LogP contribution >= 0.6 is 11.3 Å². The summed E-state index contributed by atoms with van der Waals surface area (Å²) in [6, 6.07) is 2.25. The molecule has 5 nitrogen and oxygen atoms in total. The number of nitrogens with one attached hydrogen (secondary N) is 2. The van der Waals surface area contributed by atoms with Crippen molar-refractivity contribution in [3.8, 4) is 0 Å². The Bertz CT molecular complexity index is 627. The largest absolute Gasteiger partial charge is 0.391 e. The predicted octanol–water partition coefficient (Wildman–Crippen LogP) is 3.01. The minimum absolute atomic E-state index is 0.0894. The monoisotopic (exact) mass is 306 g/mol. The molecule has 2 atom stereocenters. The van der Waals surface area contributed by atoms with E-state index < -0.39 is 0 Å². The van der Waals surface area contributed by atoms with Gasteiger partial charge in [-0.25, -0.2) is 4.98 Å². The number of fused-ring (bicyclic) bond motifs is 1. The summed E-state index contributed by atoms with van der Waals surface area (Å²) in [4.78, 5) is 11.4. The quantitative estimate of drug-likeness (QED) is 0.810. The molecule has 114 valence electrons. The molecule has 0 bridgehead atoms. The zero-order valence-electron chi connectivity index (χ0n) is 12.5. The number of anilines is 2. The molecule has 0 spiro atoms. The third kappa shape index (κ3) is 2.96. The fraction of sp³-hybridized carbons (Fsp3) is 0.600. The molecule has 2 aromatic heterocycles. The average Bonchev–Trinajstić information content (AvgIpc) is 2.92. The molecule has 6 heteroatoms. The lowest BCUT2D eigenvalue weighted by atomic mass is 9.92. The first-order chi connectivity index (χ1) is 10.2. The zero-order valence-corrected chi connectivity index (χ0v) is 13.3. The Morgan fingerprint density at radius 3 is 2.86 bits per heavy atom. The Balaban J connectivity index is 1.96. The van der Waals surface area contributed by atoms with Gasteiger partial charge in [0.2, 0.25) is 5.95 Å². The van der Waals surface area contributed by atoms with Crippen LogP contribution < -0.4 is 10.6 Å². The van der Waals surface area contributed by atoms with Crippen molar-refractivity contribution in [3.05, 3.63) is 10.9 Å². The highest BCUT2D eigenvalue weighted by molar-refractivity contribution is 7.18. The molecule has 0 aromatic carbocycles. The fourth-order valence-corrected chi connectivity index (χ4v) is 3.79. The fourth-order valence-electron chi connectivity index (χ4n) is 2.82. The first-order valence-electron chi connectivity index (χ1n) is 7.64. The van der Waals surface area contributed by atoms with Crippen LogP contribution in [0, 0.1) is 0 Å². The molecule has 0 saturated heterocycles. The van der Waals surface area contributed by atoms with Crippen molar-refractivity contribution in [2.45, 2.75) is 51.2 Å². The van der Waals surface area contributed by atoms with Crippen molar-refractivity contribution in [1.82, 2.24) is 9.97 Å². The number of aromatic nitrogens is 2. The Morgan fingerprint density at radius 2 is 2.14 bits per heavy atom. The molecular formula is C15H22N4OS. The minimum atomic E-state index is -0.286. The van der Waals surface area contributed by atoms with Gasteiger partial charge in [-0.2, -0.15) is 4.98 Å². The van der Waals surface area contributed by atoms with Crippen molar-refractivity contribution in [3.63, 3.8) is 0 Å². The molecule has 3 rings (SSSR count). The molecule has 0 amide bonds. The van der Waals surface area contributed by atoms with E-state index in [2.05, 4.69) is 33.6 Å². The van der Waals surface area contributed by atoms with Crippen LogP contribution in [0.25, 0.3) is 10.2 Å². The molecule has 1 aliphatic rings. The van der Waals surface area contributed by atoms with Crippen LogP contribution in [-0.4, -0.2) is 34.3 Å². The summed E-state index contributed by atoms with van der Waals surface area (Å²) >= 11 is 1.71. The van der Waals surface area contributed by atoms with Gasteiger partial charge in [0.15, 0.2) is 0 Å². The van der Waals surface area contributed by atoms with Crippen LogP contribution in [0.2, 0.25) is 0 Å². The van der Waals surface area contributed by atoms with E-state index in [4.69, 9.17) is 0 Å². The summed E-state index contributed by atoms with van der Waals surface area (Å²) in [6.07, 6.45) is 4.85. The molecule has 2 unspecified atom stereocenters. The van der Waals surface area contributed by atoms with Gasteiger partial charge in [0.25, 0.3) is 0 Å². The van der Waals surface area contributed by atoms with E-state index in [0.717, 1.165) is 48.1 Å². The molecule has 2 aromatic rings. The minimum Gasteiger partial charge on any atom is -0.391 e. The van der Waals surface area contributed by atoms with Gasteiger partial charge in [0, 0.05) is 11.9 Å². The Labute approximate surface area is 128 Å². The first-order valence-corrected chi connectivity index (χ1v) is 8.45. The van der Waals surface area contributed by atoms with Crippen molar-refractivity contribution in [1.29, 1.82) is 0 Å². The number of nitrogens with zero attached hydrogens (tertiary/aromatic N) is 2. The third-order valence-electron chi connectivity index (χ3n) is 4.07. The molecular weight excluding hydrogens is 284 g/mol. The zero-order chi connectivity index (χ0) is 14.8. The van der Waals surface area contributed by atoms with Crippen LogP contribution in [0.1, 0.15) is 37.5 Å². The lowest BCUT2D eigenvalue weighted by Gasteiger charge is -2.29. The van der Waals surface area contributed by atoms with Gasteiger partial charge in [0.1, 0.15) is 10.6 Å². The first kappa shape index (κ1) is 14.5. The van der Waals surface area contributed by atoms with E-state index in [1.54, 1.807) is 11.3 Å². The van der Waals surface area contributed by atoms with Gasteiger partial charge in [-0.1, -0.05) is 19.8 Å². The number of thiophene rings is 1. The van der Waals surface area contributed by atoms with Gasteiger partial charge < -0.3 is 15.7 Å². The molecule has 21 heavy (non-hydrogen) atoms. The molecule has 1 fully saturated rings. The number of aryl methyl sites for hydroxylation is 1. The second-order valence-electron chi connectivity index (χ2n) is 5.53. The normalized spacial score (nSPS) is 22.4. The molecule has 3 N–H and O–H groups in total. The maximum atomic E-state index is 10.2. The number of aliphatic hydroxyl groups is 1. The highest BCUT2D eigenvalue weighted by atomic mass is 32.1. The number of aliphatic hydroxyl groups excluding tert-OH is 1. The van der Waals surface area contributed by atoms with E-state index in [-0.39, 0.29) is 12.1 Å². The van der Waals surface area contributed by atoms with E-state index in [0.29, 0.717) is 5.95 Å². The lowest BCUT2D eigenvalue weighted by Crippen LogP contribution is -2.36. The SMILES string of the molecule is CCc1cc2c(NC3CCCCC3O)nc(NC)nc2s1. The molecule has 1 aliphatic carbocycles. The van der Waals surface area contributed by atoms with Gasteiger partial charge in [-0.15, -0.1) is 11.3 Å². The van der Waals surface area contributed by atoms with Gasteiger partial charge in [-0.3, -0.25) is 0 Å². The summed E-state index contributed by atoms with van der Waals surface area (Å²) in [7, 11) is 1.83. The van der Waals surface area contributed by atoms with Crippen molar-refractivity contribution in [2.24, 2.45) is 0 Å². The lowest BCUT2D eigenvalue weighted by molar-refractivity contribution is 0.116. The summed E-state index contributed by atoms with van der Waals surface area (Å²) in [6.45, 7) is 2.15. The van der Waals surface area contributed by atoms with Crippen LogP contribution in [0.4, 0.5) is 11.8 Å². The Morgan fingerprint density at radius 1 is 1.33 bits per heavy atom. The van der Waals surface area contributed by atoms with Crippen molar-refractivity contribution in [2.75, 3.05) is 17.7 Å². The molecule has 1 saturated carbocycles. The average molecular weight is 306 g/mol. The van der Waals surface area contributed by atoms with Crippen molar-refractivity contribution >= 4 is 33.3 Å². The van der Waals surface area contributed by atoms with Gasteiger partial charge >= 0.3 is 0 Å². The Hall–Kier alpha value is -1.40. The van der Waals surface area contributed by atoms with Gasteiger partial charge in [-0.05, 0) is 25.3 Å². The number of rotatable bonds is 4. The van der Waals surface area contributed by atoms with E-state index >= 15 is 0 Å². The Kier molecular flexibility index (Phi) is 4.26. The van der Waals surface area contributed by atoms with Crippen LogP contribution in [0.15, 0.2) is 6.07 Å². The maximum Gasteiger partial charge on any atom is 0.225 e. The van der Waals surface area contributed by atoms with Crippen LogP contribution in [0.3, 0.4) is 0 Å². The van der Waals surface area contributed by atoms with Crippen molar-refractivity contribution < 1.29 is 5.11 Å². The highest BCUT2D eigenvalue weighted by Gasteiger charge is 2.24. The maximum absolute atomic E-state index is 10.2. The second kappa shape index (κ2) is 6.15.